The molecular formula is C12H12FNO3. The van der Waals surface area contributed by atoms with Crippen molar-refractivity contribution >= 4 is 17.6 Å². The second kappa shape index (κ2) is 4.53. The number of halogens is 1. The molecule has 0 aromatic heterocycles. The number of hydrogen-bond donors (Lipinski definition) is 1. The highest BCUT2D eigenvalue weighted by Crippen LogP contribution is 2.36. The maximum atomic E-state index is 13.4. The highest BCUT2D eigenvalue weighted by Gasteiger charge is 2.34. The molecule has 1 heterocycles. The van der Waals surface area contributed by atoms with E-state index in [-0.39, 0.29) is 24.6 Å². The predicted molar refractivity (Wildman–Crippen MR) is 59.0 cm³/mol. The van der Waals surface area contributed by atoms with Crippen LogP contribution in [0, 0.1) is 5.82 Å². The van der Waals surface area contributed by atoms with E-state index in [1.54, 1.807) is 13.0 Å². The minimum absolute atomic E-state index is 0.0594. The molecule has 0 aliphatic carbocycles. The van der Waals surface area contributed by atoms with E-state index < -0.39 is 17.7 Å². The topological polar surface area (TPSA) is 55.4 Å². The minimum atomic E-state index is -0.653. The van der Waals surface area contributed by atoms with Crippen LogP contribution in [0.5, 0.6) is 0 Å². The van der Waals surface area contributed by atoms with Crippen molar-refractivity contribution in [2.24, 2.45) is 0 Å². The number of para-hydroxylation sites is 1. The third-order valence-corrected chi connectivity index (χ3v) is 2.66. The van der Waals surface area contributed by atoms with E-state index in [4.69, 9.17) is 4.74 Å². The number of benzene rings is 1. The van der Waals surface area contributed by atoms with Crippen LogP contribution in [0.4, 0.5) is 10.1 Å². The van der Waals surface area contributed by atoms with Gasteiger partial charge in [-0.2, -0.15) is 0 Å². The van der Waals surface area contributed by atoms with Crippen molar-refractivity contribution in [2.75, 3.05) is 11.9 Å². The standard InChI is InChI=1S/C12H12FNO3/c1-2-17-10(15)6-8-7-4-3-5-9(13)11(7)14-12(8)16/h3-5,8H,2,6H2,1H3,(H,14,16). The number of nitrogens with one attached hydrogen (secondary N) is 1. The highest BCUT2D eigenvalue weighted by molar-refractivity contribution is 6.04. The van der Waals surface area contributed by atoms with Crippen molar-refractivity contribution in [2.45, 2.75) is 19.3 Å². The van der Waals surface area contributed by atoms with Crippen LogP contribution in [0.3, 0.4) is 0 Å². The molecule has 5 heteroatoms. The van der Waals surface area contributed by atoms with Gasteiger partial charge in [-0.1, -0.05) is 12.1 Å². The summed E-state index contributed by atoms with van der Waals surface area (Å²) in [6.07, 6.45) is -0.0594. The number of amides is 1. The number of esters is 1. The number of ether oxygens (including phenoxy) is 1. The van der Waals surface area contributed by atoms with Gasteiger partial charge in [-0.3, -0.25) is 9.59 Å². The third-order valence-electron chi connectivity index (χ3n) is 2.66. The zero-order valence-corrected chi connectivity index (χ0v) is 9.33. The maximum Gasteiger partial charge on any atom is 0.306 e. The molecule has 90 valence electrons. The Balaban J connectivity index is 2.23. The zero-order valence-electron chi connectivity index (χ0n) is 9.33. The summed E-state index contributed by atoms with van der Waals surface area (Å²) in [7, 11) is 0. The second-order valence-electron chi connectivity index (χ2n) is 3.76. The normalized spacial score (nSPS) is 17.5. The zero-order chi connectivity index (χ0) is 12.4. The summed E-state index contributed by atoms with van der Waals surface area (Å²) >= 11 is 0. The van der Waals surface area contributed by atoms with Gasteiger partial charge in [0.2, 0.25) is 5.91 Å². The van der Waals surface area contributed by atoms with Crippen LogP contribution in [0.2, 0.25) is 0 Å². The first-order valence-electron chi connectivity index (χ1n) is 5.38. The maximum absolute atomic E-state index is 13.4. The number of anilines is 1. The first-order chi connectivity index (χ1) is 8.13. The number of fused-ring (bicyclic) bond motifs is 1. The average Bonchev–Trinajstić information content (AvgIpc) is 2.58. The van der Waals surface area contributed by atoms with Crippen molar-refractivity contribution in [3.8, 4) is 0 Å². The van der Waals surface area contributed by atoms with Gasteiger partial charge < -0.3 is 10.1 Å². The molecule has 1 aliphatic heterocycles. The Morgan fingerprint density at radius 3 is 3.00 bits per heavy atom. The molecule has 1 aliphatic rings. The molecule has 0 fully saturated rings. The predicted octanol–water partition coefficient (Wildman–Crippen LogP) is 1.81. The fourth-order valence-electron chi connectivity index (χ4n) is 1.90. The van der Waals surface area contributed by atoms with Crippen LogP contribution in [-0.4, -0.2) is 18.5 Å². The van der Waals surface area contributed by atoms with Crippen LogP contribution in [0.1, 0.15) is 24.8 Å². The summed E-state index contributed by atoms with van der Waals surface area (Å²) in [5.41, 5.74) is 0.690. The largest absolute Gasteiger partial charge is 0.466 e. The monoisotopic (exact) mass is 237 g/mol. The van der Waals surface area contributed by atoms with E-state index >= 15 is 0 Å². The first kappa shape index (κ1) is 11.6. The number of carbonyl (C=O) groups excluding carboxylic acids is 2. The number of hydrogen-bond acceptors (Lipinski definition) is 3. The van der Waals surface area contributed by atoms with Crippen molar-refractivity contribution in [1.29, 1.82) is 0 Å². The molecule has 0 saturated carbocycles. The molecule has 17 heavy (non-hydrogen) atoms. The van der Waals surface area contributed by atoms with Crippen molar-refractivity contribution in [3.05, 3.63) is 29.6 Å². The molecule has 1 N–H and O–H groups in total. The summed E-state index contributed by atoms with van der Waals surface area (Å²) in [6.45, 7) is 1.96. The van der Waals surface area contributed by atoms with Gasteiger partial charge >= 0.3 is 5.97 Å². The van der Waals surface area contributed by atoms with Gasteiger partial charge in [0, 0.05) is 0 Å². The van der Waals surface area contributed by atoms with Crippen molar-refractivity contribution < 1.29 is 18.7 Å². The van der Waals surface area contributed by atoms with Crippen LogP contribution in [0.25, 0.3) is 0 Å². The highest BCUT2D eigenvalue weighted by atomic mass is 19.1. The molecule has 0 spiro atoms. The van der Waals surface area contributed by atoms with E-state index in [1.807, 2.05) is 0 Å². The van der Waals surface area contributed by atoms with Crippen LogP contribution in [0.15, 0.2) is 18.2 Å². The Hall–Kier alpha value is -1.91. The van der Waals surface area contributed by atoms with Gasteiger partial charge in [-0.15, -0.1) is 0 Å². The van der Waals surface area contributed by atoms with E-state index in [2.05, 4.69) is 5.32 Å². The molecule has 1 atom stereocenters. The summed E-state index contributed by atoms with van der Waals surface area (Å²) in [4.78, 5) is 23.0. The van der Waals surface area contributed by atoms with Crippen LogP contribution < -0.4 is 5.32 Å². The molecule has 1 aromatic carbocycles. The summed E-state index contributed by atoms with van der Waals surface area (Å²) < 4.78 is 18.2. The second-order valence-corrected chi connectivity index (χ2v) is 3.76. The lowest BCUT2D eigenvalue weighted by atomic mass is 9.97. The third kappa shape index (κ3) is 2.13. The lowest BCUT2D eigenvalue weighted by Gasteiger charge is -2.07. The van der Waals surface area contributed by atoms with Crippen molar-refractivity contribution in [1.82, 2.24) is 0 Å². The van der Waals surface area contributed by atoms with E-state index in [0.29, 0.717) is 5.56 Å². The number of carbonyl (C=O) groups is 2. The minimum Gasteiger partial charge on any atom is -0.466 e. The number of rotatable bonds is 3. The molecule has 1 amide bonds. The fourth-order valence-corrected chi connectivity index (χ4v) is 1.90. The Morgan fingerprint density at radius 2 is 2.29 bits per heavy atom. The Bertz CT molecular complexity index is 473. The van der Waals surface area contributed by atoms with Gasteiger partial charge in [0.1, 0.15) is 5.82 Å². The van der Waals surface area contributed by atoms with Crippen molar-refractivity contribution in [3.63, 3.8) is 0 Å². The smallest absolute Gasteiger partial charge is 0.306 e. The van der Waals surface area contributed by atoms with E-state index in [9.17, 15) is 14.0 Å². The Labute approximate surface area is 97.8 Å². The van der Waals surface area contributed by atoms with Gasteiger partial charge in [-0.25, -0.2) is 4.39 Å². The quantitative estimate of drug-likeness (QED) is 0.816. The molecule has 4 nitrogen and oxygen atoms in total. The molecular weight excluding hydrogens is 225 g/mol. The molecule has 0 bridgehead atoms. The summed E-state index contributed by atoms with van der Waals surface area (Å²) in [6, 6.07) is 4.43. The fraction of sp³-hybridized carbons (Fsp3) is 0.333. The van der Waals surface area contributed by atoms with Gasteiger partial charge in [0.15, 0.2) is 0 Å². The molecule has 2 rings (SSSR count). The van der Waals surface area contributed by atoms with Crippen LogP contribution >= 0.6 is 0 Å². The Morgan fingerprint density at radius 1 is 1.53 bits per heavy atom. The molecule has 1 unspecified atom stereocenters. The van der Waals surface area contributed by atoms with Gasteiger partial charge in [-0.05, 0) is 18.6 Å². The summed E-state index contributed by atoms with van der Waals surface area (Å²) in [5.74, 6) is -1.95. The SMILES string of the molecule is CCOC(=O)CC1C(=O)Nc2c(F)cccc21. The molecule has 1 aromatic rings. The summed E-state index contributed by atoms with van der Waals surface area (Å²) in [5, 5.41) is 2.44. The lowest BCUT2D eigenvalue weighted by molar-refractivity contribution is -0.144. The average molecular weight is 237 g/mol. The van der Waals surface area contributed by atoms with E-state index in [0.717, 1.165) is 0 Å². The van der Waals surface area contributed by atoms with E-state index in [1.165, 1.54) is 12.1 Å². The molecule has 0 radical (unpaired) electrons. The van der Waals surface area contributed by atoms with Gasteiger partial charge in [0.05, 0.1) is 24.6 Å². The first-order valence-corrected chi connectivity index (χ1v) is 5.38. The molecule has 0 saturated heterocycles. The van der Waals surface area contributed by atoms with Crippen LogP contribution in [-0.2, 0) is 14.3 Å². The Kier molecular flexibility index (Phi) is 3.08. The van der Waals surface area contributed by atoms with Gasteiger partial charge in [0.25, 0.3) is 0 Å². The lowest BCUT2D eigenvalue weighted by Crippen LogP contribution is -2.17.